The van der Waals surface area contributed by atoms with Gasteiger partial charge in [-0.25, -0.2) is 0 Å². The average molecular weight is 248 g/mol. The number of nitrogen functional groups attached to an aromatic ring is 1. The van der Waals surface area contributed by atoms with Gasteiger partial charge >= 0.3 is 0 Å². The van der Waals surface area contributed by atoms with E-state index in [9.17, 15) is 0 Å². The molecular weight excluding hydrogens is 232 g/mol. The van der Waals surface area contributed by atoms with E-state index in [4.69, 9.17) is 5.73 Å². The van der Waals surface area contributed by atoms with Gasteiger partial charge in [-0.1, -0.05) is 30.3 Å². The first-order chi connectivity index (χ1) is 9.33. The monoisotopic (exact) mass is 248 g/mol. The molecule has 2 heteroatoms. The van der Waals surface area contributed by atoms with Gasteiger partial charge in [-0.3, -0.25) is 0 Å². The van der Waals surface area contributed by atoms with E-state index in [0.29, 0.717) is 0 Å². The molecule has 1 aliphatic heterocycles. The van der Waals surface area contributed by atoms with Crippen molar-refractivity contribution < 1.29 is 0 Å². The van der Waals surface area contributed by atoms with Crippen LogP contribution in [-0.4, -0.2) is 4.57 Å². The van der Waals surface area contributed by atoms with Gasteiger partial charge in [0.05, 0.1) is 5.52 Å². The van der Waals surface area contributed by atoms with Crippen LogP contribution in [0.1, 0.15) is 12.0 Å². The highest BCUT2D eigenvalue weighted by Gasteiger charge is 2.16. The fourth-order valence-electron chi connectivity index (χ4n) is 3.19. The molecule has 0 fully saturated rings. The Balaban J connectivity index is 2.04. The topological polar surface area (TPSA) is 30.9 Å². The highest BCUT2D eigenvalue weighted by molar-refractivity contribution is 5.98. The Morgan fingerprint density at radius 3 is 2.84 bits per heavy atom. The van der Waals surface area contributed by atoms with Crippen molar-refractivity contribution in [3.63, 3.8) is 0 Å². The second-order valence-electron chi connectivity index (χ2n) is 5.28. The molecule has 4 rings (SSSR count). The maximum Gasteiger partial charge on any atom is 0.0519 e. The summed E-state index contributed by atoms with van der Waals surface area (Å²) < 4.78 is 2.40. The van der Waals surface area contributed by atoms with Gasteiger partial charge in [-0.2, -0.15) is 0 Å². The summed E-state index contributed by atoms with van der Waals surface area (Å²) in [5, 5.41) is 1.35. The molecule has 2 N–H and O–H groups in total. The molecule has 0 spiro atoms. The van der Waals surface area contributed by atoms with Gasteiger partial charge in [-0.15, -0.1) is 0 Å². The van der Waals surface area contributed by atoms with E-state index in [1.54, 1.807) is 0 Å². The largest absolute Gasteiger partial charge is 0.399 e. The van der Waals surface area contributed by atoms with Crippen LogP contribution in [0.2, 0.25) is 0 Å². The van der Waals surface area contributed by atoms with Crippen LogP contribution in [0.3, 0.4) is 0 Å². The average Bonchev–Trinajstić information content (AvgIpc) is 2.81. The van der Waals surface area contributed by atoms with Crippen molar-refractivity contribution in [2.45, 2.75) is 19.4 Å². The number of benzene rings is 2. The van der Waals surface area contributed by atoms with E-state index >= 15 is 0 Å². The van der Waals surface area contributed by atoms with Crippen LogP contribution < -0.4 is 5.73 Å². The molecule has 2 heterocycles. The van der Waals surface area contributed by atoms with Gasteiger partial charge in [0.2, 0.25) is 0 Å². The van der Waals surface area contributed by atoms with Crippen LogP contribution in [0.15, 0.2) is 48.7 Å². The molecule has 0 atom stereocenters. The summed E-state index contributed by atoms with van der Waals surface area (Å²) in [5.74, 6) is 0. The third-order valence-corrected chi connectivity index (χ3v) is 4.02. The summed E-state index contributed by atoms with van der Waals surface area (Å²) in [6, 6.07) is 14.8. The summed E-state index contributed by atoms with van der Waals surface area (Å²) in [7, 11) is 0. The molecule has 1 aromatic heterocycles. The molecule has 0 bridgehead atoms. The smallest absolute Gasteiger partial charge is 0.0519 e. The van der Waals surface area contributed by atoms with Crippen molar-refractivity contribution in [3.05, 3.63) is 54.2 Å². The normalized spacial score (nSPS) is 13.9. The number of rotatable bonds is 1. The Hall–Kier alpha value is -2.22. The van der Waals surface area contributed by atoms with Crippen molar-refractivity contribution in [1.29, 1.82) is 0 Å². The van der Waals surface area contributed by atoms with Crippen LogP contribution in [0.4, 0.5) is 5.69 Å². The zero-order chi connectivity index (χ0) is 12.8. The molecule has 0 amide bonds. The summed E-state index contributed by atoms with van der Waals surface area (Å²) in [6.45, 7) is 1.12. The van der Waals surface area contributed by atoms with E-state index in [0.717, 1.165) is 12.2 Å². The number of aromatic nitrogens is 1. The number of hydrogen-bond acceptors (Lipinski definition) is 1. The molecule has 94 valence electrons. The van der Waals surface area contributed by atoms with Gasteiger partial charge in [-0.05, 0) is 36.1 Å². The minimum absolute atomic E-state index is 0.824. The Morgan fingerprint density at radius 1 is 1.05 bits per heavy atom. The van der Waals surface area contributed by atoms with Gasteiger partial charge in [0.25, 0.3) is 0 Å². The second kappa shape index (κ2) is 3.89. The molecule has 0 aliphatic carbocycles. The lowest BCUT2D eigenvalue weighted by atomic mass is 10.00. The Labute approximate surface area is 112 Å². The highest BCUT2D eigenvalue weighted by Crippen LogP contribution is 2.35. The molecule has 2 aromatic carbocycles. The van der Waals surface area contributed by atoms with Crippen molar-refractivity contribution in [1.82, 2.24) is 4.57 Å². The zero-order valence-electron chi connectivity index (χ0n) is 10.8. The molecule has 0 radical (unpaired) electrons. The molecule has 0 unspecified atom stereocenters. The summed E-state index contributed by atoms with van der Waals surface area (Å²) in [5.41, 5.74) is 12.1. The van der Waals surface area contributed by atoms with Crippen LogP contribution in [0.5, 0.6) is 0 Å². The van der Waals surface area contributed by atoms with E-state index in [2.05, 4.69) is 41.1 Å². The van der Waals surface area contributed by atoms with Crippen LogP contribution >= 0.6 is 0 Å². The Bertz CT molecular complexity index is 768. The number of nitrogens with zero attached hydrogens (tertiary/aromatic N) is 1. The van der Waals surface area contributed by atoms with Gasteiger partial charge in [0, 0.05) is 29.4 Å². The van der Waals surface area contributed by atoms with Gasteiger partial charge < -0.3 is 10.3 Å². The lowest BCUT2D eigenvalue weighted by Gasteiger charge is -2.14. The summed E-state index contributed by atoms with van der Waals surface area (Å²) in [4.78, 5) is 0. The minimum Gasteiger partial charge on any atom is -0.399 e. The van der Waals surface area contributed by atoms with Crippen molar-refractivity contribution in [3.8, 4) is 11.1 Å². The van der Waals surface area contributed by atoms with Crippen molar-refractivity contribution in [2.24, 2.45) is 0 Å². The third kappa shape index (κ3) is 1.56. The number of aryl methyl sites for hydroxylation is 2. The first-order valence-electron chi connectivity index (χ1n) is 6.79. The van der Waals surface area contributed by atoms with Crippen LogP contribution in [0, 0.1) is 0 Å². The fraction of sp³-hybridized carbons (Fsp3) is 0.176. The Kier molecular flexibility index (Phi) is 2.18. The number of para-hydroxylation sites is 1. The SMILES string of the molecule is Nc1cccc(-c2cn3c4c(cccc24)CCC3)c1. The molecule has 0 saturated carbocycles. The standard InChI is InChI=1S/C17H16N2/c18-14-7-1-5-13(10-14)16-11-19-9-3-6-12-4-2-8-15(16)17(12)19/h1-2,4-5,7-8,10-11H,3,6,9,18H2. The summed E-state index contributed by atoms with van der Waals surface area (Å²) >= 11 is 0. The van der Waals surface area contributed by atoms with Gasteiger partial charge in [0.15, 0.2) is 0 Å². The molecule has 19 heavy (non-hydrogen) atoms. The fourth-order valence-corrected chi connectivity index (χ4v) is 3.19. The molecule has 2 nitrogen and oxygen atoms in total. The Morgan fingerprint density at radius 2 is 1.95 bits per heavy atom. The molecular formula is C17H16N2. The predicted octanol–water partition coefficient (Wildman–Crippen LogP) is 3.84. The maximum atomic E-state index is 5.91. The third-order valence-electron chi connectivity index (χ3n) is 4.02. The zero-order valence-corrected chi connectivity index (χ0v) is 10.8. The first-order valence-corrected chi connectivity index (χ1v) is 6.79. The number of nitrogens with two attached hydrogens (primary N) is 1. The van der Waals surface area contributed by atoms with Crippen molar-refractivity contribution in [2.75, 3.05) is 5.73 Å². The van der Waals surface area contributed by atoms with E-state index < -0.39 is 0 Å². The van der Waals surface area contributed by atoms with Gasteiger partial charge in [0.1, 0.15) is 0 Å². The van der Waals surface area contributed by atoms with Crippen LogP contribution in [0.25, 0.3) is 22.0 Å². The van der Waals surface area contributed by atoms with E-state index in [1.807, 2.05) is 12.1 Å². The molecule has 3 aromatic rings. The number of anilines is 1. The van der Waals surface area contributed by atoms with E-state index in [1.165, 1.54) is 40.4 Å². The lowest BCUT2D eigenvalue weighted by molar-refractivity contribution is 0.636. The molecule has 1 aliphatic rings. The molecule has 0 saturated heterocycles. The number of hydrogen-bond donors (Lipinski definition) is 1. The quantitative estimate of drug-likeness (QED) is 0.652. The first kappa shape index (κ1) is 10.7. The summed E-state index contributed by atoms with van der Waals surface area (Å²) in [6.07, 6.45) is 4.71. The second-order valence-corrected chi connectivity index (χ2v) is 5.28. The highest BCUT2D eigenvalue weighted by atomic mass is 15.0. The predicted molar refractivity (Wildman–Crippen MR) is 80.1 cm³/mol. The minimum atomic E-state index is 0.824. The van der Waals surface area contributed by atoms with E-state index in [-0.39, 0.29) is 0 Å². The lowest BCUT2D eigenvalue weighted by Crippen LogP contribution is -2.05. The van der Waals surface area contributed by atoms with Crippen molar-refractivity contribution >= 4 is 16.6 Å². The maximum absolute atomic E-state index is 5.91. The van der Waals surface area contributed by atoms with Crippen LogP contribution in [-0.2, 0) is 13.0 Å².